The number of fused-ring (bicyclic) bond motifs is 15. The summed E-state index contributed by atoms with van der Waals surface area (Å²) < 4.78 is 3.70. The van der Waals surface area contributed by atoms with Crippen LogP contribution in [0.4, 0.5) is 0 Å². The van der Waals surface area contributed by atoms with Crippen molar-refractivity contribution in [3.8, 4) is 45.1 Å². The van der Waals surface area contributed by atoms with Crippen molar-refractivity contribution in [2.45, 2.75) is 129 Å². The van der Waals surface area contributed by atoms with Crippen molar-refractivity contribution in [3.63, 3.8) is 0 Å². The monoisotopic (exact) mass is 710 g/mol. The van der Waals surface area contributed by atoms with E-state index in [1.54, 1.807) is 0 Å². The molecule has 0 unspecified atom stereocenters. The number of aryl methyl sites for hydroxylation is 2. The number of hydrogen-bond acceptors (Lipinski definition) is 6. The Labute approximate surface area is 344 Å². The third kappa shape index (κ3) is 10.2. The number of hydrogen-bond donors (Lipinski definition) is 0. The number of benzene rings is 4. The molecule has 0 radical (unpaired) electrons. The molecule has 8 nitrogen and oxygen atoms in total. The Morgan fingerprint density at radius 2 is 0.741 bits per heavy atom. The van der Waals surface area contributed by atoms with Gasteiger partial charge in [-0.15, -0.1) is 10.2 Å². The quantitative estimate of drug-likeness (QED) is 0.217. The second kappa shape index (κ2) is 21.0. The fraction of sp³-hybridized carbons (Fsp3) is 0.455. The van der Waals surface area contributed by atoms with Crippen LogP contribution in [0.2, 0.25) is 0 Å². The summed E-state index contributed by atoms with van der Waals surface area (Å²) in [4.78, 5) is 0. The van der Waals surface area contributed by atoms with E-state index in [4.69, 9.17) is 0 Å². The van der Waals surface area contributed by atoms with Crippen LogP contribution in [-0.4, -0.2) is 30.0 Å². The van der Waals surface area contributed by atoms with E-state index in [0.29, 0.717) is 33.6 Å². The van der Waals surface area contributed by atoms with Crippen LogP contribution in [0.1, 0.15) is 116 Å². The molecule has 0 aliphatic carbocycles. The number of nitrogens with zero attached hydrogens (tertiary/aromatic N) is 6. The minimum atomic E-state index is -0.222. The molecule has 0 saturated heterocycles. The molecule has 1 aliphatic heterocycles. The van der Waals surface area contributed by atoms with Crippen molar-refractivity contribution in [2.24, 2.45) is 0 Å². The molecule has 0 saturated carbocycles. The van der Waals surface area contributed by atoms with Gasteiger partial charge in [-0.2, -0.15) is 0 Å². The van der Waals surface area contributed by atoms with Gasteiger partial charge in [0.15, 0.2) is 0 Å². The molecule has 4 aromatic carbocycles. The fourth-order valence-corrected chi connectivity index (χ4v) is 7.97. The average molecular weight is 711 g/mol. The molecule has 0 N–H and O–H groups in total. The first-order chi connectivity index (χ1) is 25.7. The molecule has 3 heterocycles. The van der Waals surface area contributed by atoms with Crippen LogP contribution in [-0.2, 0) is 13.1 Å². The van der Waals surface area contributed by atoms with Crippen molar-refractivity contribution in [1.29, 1.82) is 0 Å². The van der Waals surface area contributed by atoms with Crippen LogP contribution in [0, 0.1) is 0 Å². The molecular weight excluding hydrogens is 658 g/mol. The molecule has 272 valence electrons. The van der Waals surface area contributed by atoms with Crippen molar-refractivity contribution < 1.29 is 47.9 Å². The molecular formula is C44H52Li2N6O2. The fourth-order valence-electron chi connectivity index (χ4n) is 7.97. The molecule has 8 bridgehead atoms. The van der Waals surface area contributed by atoms with Gasteiger partial charge in [-0.3, -0.25) is 9.36 Å². The molecule has 10 heteroatoms. The van der Waals surface area contributed by atoms with Crippen molar-refractivity contribution in [2.75, 3.05) is 0 Å². The van der Waals surface area contributed by atoms with Gasteiger partial charge in [0.2, 0.25) is 0 Å². The predicted octanol–water partition coefficient (Wildman–Crippen LogP) is 4.37. The minimum Gasteiger partial charge on any atom is -0.872 e. The molecule has 0 fully saturated rings. The van der Waals surface area contributed by atoms with Crippen LogP contribution in [0.15, 0.2) is 73.1 Å². The largest absolute Gasteiger partial charge is 1.00 e. The van der Waals surface area contributed by atoms with E-state index >= 15 is 0 Å². The number of rotatable bonds is 0. The molecule has 0 spiro atoms. The molecule has 7 rings (SSSR count). The van der Waals surface area contributed by atoms with Crippen LogP contribution < -0.4 is 47.9 Å². The van der Waals surface area contributed by atoms with Gasteiger partial charge >= 0.3 is 37.7 Å². The Kier molecular flexibility index (Phi) is 16.2. The Morgan fingerprint density at radius 1 is 0.426 bits per heavy atom. The van der Waals surface area contributed by atoms with E-state index in [9.17, 15) is 10.2 Å². The zero-order valence-electron chi connectivity index (χ0n) is 32.6. The van der Waals surface area contributed by atoms with E-state index in [2.05, 4.69) is 20.6 Å². The molecule has 54 heavy (non-hydrogen) atoms. The molecule has 0 atom stereocenters. The van der Waals surface area contributed by atoms with Gasteiger partial charge in [-0.1, -0.05) is 173 Å². The second-order valence-corrected chi connectivity index (χ2v) is 14.8. The molecule has 2 aromatic heterocycles. The predicted molar refractivity (Wildman–Crippen MR) is 207 cm³/mol. The van der Waals surface area contributed by atoms with Gasteiger partial charge in [-0.25, -0.2) is 0 Å². The summed E-state index contributed by atoms with van der Waals surface area (Å²) in [5.74, 6) is -0.445. The van der Waals surface area contributed by atoms with E-state index in [0.717, 1.165) is 60.3 Å². The van der Waals surface area contributed by atoms with Gasteiger partial charge in [0, 0.05) is 13.1 Å². The Balaban J connectivity index is 0.00000280. The SMILES string of the molecule is [Li+].[Li+].[O-]c1c2cc3ccccc3c1-c1c([O-])c(cc3ccccc13)-c1cn(nn1)CCCCCCCCCCCCCCCCCCCCn1cc-2nn1. The van der Waals surface area contributed by atoms with Crippen molar-refractivity contribution in [3.05, 3.63) is 73.1 Å². The van der Waals surface area contributed by atoms with E-state index in [1.165, 1.54) is 89.9 Å². The first-order valence-corrected chi connectivity index (χ1v) is 19.9. The third-order valence-corrected chi connectivity index (χ3v) is 10.9. The summed E-state index contributed by atoms with van der Waals surface area (Å²) in [6, 6.07) is 19.4. The summed E-state index contributed by atoms with van der Waals surface area (Å²) in [6.45, 7) is 1.53. The summed E-state index contributed by atoms with van der Waals surface area (Å²) in [5.41, 5.74) is 2.74. The average Bonchev–Trinajstić information content (AvgIpc) is 3.84. The van der Waals surface area contributed by atoms with Crippen LogP contribution >= 0.6 is 0 Å². The molecule has 0 amide bonds. The third-order valence-electron chi connectivity index (χ3n) is 10.9. The van der Waals surface area contributed by atoms with E-state index in [-0.39, 0.29) is 49.2 Å². The van der Waals surface area contributed by atoms with Crippen LogP contribution in [0.5, 0.6) is 11.5 Å². The summed E-state index contributed by atoms with van der Waals surface area (Å²) in [5, 5.41) is 50.3. The van der Waals surface area contributed by atoms with Gasteiger partial charge in [0.1, 0.15) is 11.4 Å². The Morgan fingerprint density at radius 3 is 1.09 bits per heavy atom. The molecule has 6 aromatic rings. The number of aromatic nitrogens is 6. The summed E-state index contributed by atoms with van der Waals surface area (Å²) in [7, 11) is 0. The van der Waals surface area contributed by atoms with Gasteiger partial charge in [-0.05, 0) is 68.8 Å². The maximum Gasteiger partial charge on any atom is 1.00 e. The first-order valence-electron chi connectivity index (χ1n) is 19.9. The van der Waals surface area contributed by atoms with Gasteiger partial charge in [0.05, 0.1) is 12.4 Å². The topological polar surface area (TPSA) is 108 Å². The Bertz CT molecular complexity index is 1930. The second-order valence-electron chi connectivity index (χ2n) is 14.8. The maximum atomic E-state index is 14.7. The van der Waals surface area contributed by atoms with Crippen molar-refractivity contribution >= 4 is 21.5 Å². The zero-order chi connectivity index (χ0) is 35.5. The molecule has 1 aliphatic rings. The van der Waals surface area contributed by atoms with E-state index in [1.807, 2.05) is 82.4 Å². The zero-order valence-corrected chi connectivity index (χ0v) is 32.6. The summed E-state index contributed by atoms with van der Waals surface area (Å²) >= 11 is 0. The van der Waals surface area contributed by atoms with Crippen molar-refractivity contribution in [1.82, 2.24) is 30.0 Å². The van der Waals surface area contributed by atoms with Crippen LogP contribution in [0.25, 0.3) is 55.2 Å². The smallest absolute Gasteiger partial charge is 0.872 e. The Hall–Kier alpha value is -3.53. The normalized spacial score (nSPS) is 16.0. The summed E-state index contributed by atoms with van der Waals surface area (Å²) in [6.07, 6.45) is 26.8. The van der Waals surface area contributed by atoms with Gasteiger partial charge in [0.25, 0.3) is 0 Å². The maximum absolute atomic E-state index is 14.7. The van der Waals surface area contributed by atoms with Crippen LogP contribution in [0.3, 0.4) is 0 Å². The van der Waals surface area contributed by atoms with E-state index < -0.39 is 0 Å². The minimum absolute atomic E-state index is 0. The first kappa shape index (κ1) is 41.6. The standard InChI is InChI=1S/C44H54N6O2.2Li/c51-43-37-29-33-23-17-19-25-35(33)41(43)42-36-26-20-18-24-34(36)30-38(44(42)52)40-32-50(48-46-40)28-22-16-14-12-10-8-6-4-2-1-3-5-7-9-11-13-15-21-27-49-31-39(37)45-47-49;;/h17-20,23-26,29-32,51-52H,1-16,21-22,27-28H2;;/q;2*+1/p-2. The van der Waals surface area contributed by atoms with Gasteiger partial charge < -0.3 is 10.2 Å².